The van der Waals surface area contributed by atoms with Gasteiger partial charge < -0.3 is 9.88 Å². The van der Waals surface area contributed by atoms with E-state index in [9.17, 15) is 0 Å². The zero-order valence-corrected chi connectivity index (χ0v) is 17.2. The van der Waals surface area contributed by atoms with E-state index in [0.29, 0.717) is 15.2 Å². The third-order valence-electron chi connectivity index (χ3n) is 4.02. The van der Waals surface area contributed by atoms with E-state index in [1.165, 1.54) is 0 Å². The topological polar surface area (TPSA) is 41.4 Å². The second kappa shape index (κ2) is 8.57. The number of benzene rings is 2. The molecule has 0 unspecified atom stereocenters. The molecule has 0 aliphatic heterocycles. The van der Waals surface area contributed by atoms with Crippen molar-refractivity contribution in [3.63, 3.8) is 0 Å². The van der Waals surface area contributed by atoms with Crippen LogP contribution in [0.2, 0.25) is 10.0 Å². The predicted octanol–water partition coefficient (Wildman–Crippen LogP) is 5.72. The van der Waals surface area contributed by atoms with Crippen molar-refractivity contribution in [2.24, 2.45) is 5.10 Å². The number of nitrogens with one attached hydrogen (secondary N) is 2. The quantitative estimate of drug-likeness (QED) is 0.324. The SMILES string of the molecule is Cc1cc(/C=N\NC(=S)Nc2ccccc2)c(C)n1-c1ccc(Cl)cc1Cl. The molecule has 0 radical (unpaired) electrons. The van der Waals surface area contributed by atoms with Gasteiger partial charge in [-0.1, -0.05) is 41.4 Å². The summed E-state index contributed by atoms with van der Waals surface area (Å²) in [6, 6.07) is 17.2. The molecule has 0 spiro atoms. The molecule has 0 amide bonds. The number of halogens is 2. The minimum atomic E-state index is 0.423. The first-order valence-electron chi connectivity index (χ1n) is 8.25. The lowest BCUT2D eigenvalue weighted by atomic mass is 10.2. The lowest BCUT2D eigenvalue weighted by molar-refractivity contribution is 0.964. The van der Waals surface area contributed by atoms with Crippen molar-refractivity contribution in [2.45, 2.75) is 13.8 Å². The Morgan fingerprint density at radius 3 is 2.52 bits per heavy atom. The van der Waals surface area contributed by atoms with Crippen molar-refractivity contribution in [3.8, 4) is 5.69 Å². The summed E-state index contributed by atoms with van der Waals surface area (Å²) in [4.78, 5) is 0. The molecular weight excluding hydrogens is 399 g/mol. The van der Waals surface area contributed by atoms with Crippen LogP contribution in [0, 0.1) is 13.8 Å². The average molecular weight is 417 g/mol. The van der Waals surface area contributed by atoms with Crippen molar-refractivity contribution in [1.29, 1.82) is 0 Å². The summed E-state index contributed by atoms with van der Waals surface area (Å²) < 4.78 is 2.07. The first kappa shape index (κ1) is 19.4. The fourth-order valence-electron chi connectivity index (χ4n) is 2.79. The molecule has 0 atom stereocenters. The number of aryl methyl sites for hydroxylation is 1. The van der Waals surface area contributed by atoms with Crippen LogP contribution in [0.25, 0.3) is 5.69 Å². The van der Waals surface area contributed by atoms with Gasteiger partial charge >= 0.3 is 0 Å². The summed E-state index contributed by atoms with van der Waals surface area (Å²) in [5.74, 6) is 0. The van der Waals surface area contributed by atoms with E-state index >= 15 is 0 Å². The van der Waals surface area contributed by atoms with E-state index in [1.54, 1.807) is 12.3 Å². The molecule has 2 N–H and O–H groups in total. The molecule has 138 valence electrons. The first-order valence-corrected chi connectivity index (χ1v) is 9.41. The van der Waals surface area contributed by atoms with Crippen LogP contribution in [0.15, 0.2) is 59.7 Å². The van der Waals surface area contributed by atoms with E-state index in [1.807, 2.05) is 62.4 Å². The van der Waals surface area contributed by atoms with Crippen LogP contribution < -0.4 is 10.7 Å². The monoisotopic (exact) mass is 416 g/mol. The smallest absolute Gasteiger partial charge is 0.191 e. The van der Waals surface area contributed by atoms with Gasteiger partial charge in [0, 0.05) is 27.7 Å². The largest absolute Gasteiger partial charge is 0.331 e. The third kappa shape index (κ3) is 4.69. The van der Waals surface area contributed by atoms with Gasteiger partial charge in [0.05, 0.1) is 16.9 Å². The van der Waals surface area contributed by atoms with Crippen LogP contribution >= 0.6 is 35.4 Å². The van der Waals surface area contributed by atoms with Gasteiger partial charge in [-0.05, 0) is 62.5 Å². The van der Waals surface area contributed by atoms with E-state index < -0.39 is 0 Å². The Morgan fingerprint density at radius 1 is 1.07 bits per heavy atom. The predicted molar refractivity (Wildman–Crippen MR) is 119 cm³/mol. The molecule has 0 aliphatic carbocycles. The van der Waals surface area contributed by atoms with Gasteiger partial charge in [-0.25, -0.2) is 0 Å². The van der Waals surface area contributed by atoms with Crippen molar-refractivity contribution in [3.05, 3.63) is 81.6 Å². The number of anilines is 1. The van der Waals surface area contributed by atoms with Crippen molar-refractivity contribution in [1.82, 2.24) is 9.99 Å². The Balaban J connectivity index is 1.74. The highest BCUT2D eigenvalue weighted by Gasteiger charge is 2.12. The Bertz CT molecular complexity index is 997. The van der Waals surface area contributed by atoms with Gasteiger partial charge in [0.15, 0.2) is 5.11 Å². The number of rotatable bonds is 4. The lowest BCUT2D eigenvalue weighted by Gasteiger charge is -2.11. The summed E-state index contributed by atoms with van der Waals surface area (Å²) in [7, 11) is 0. The second-order valence-electron chi connectivity index (χ2n) is 5.95. The van der Waals surface area contributed by atoms with E-state index in [4.69, 9.17) is 35.4 Å². The minimum Gasteiger partial charge on any atom is -0.331 e. The zero-order chi connectivity index (χ0) is 19.4. The van der Waals surface area contributed by atoms with Gasteiger partial charge in [-0.2, -0.15) is 5.10 Å². The molecule has 27 heavy (non-hydrogen) atoms. The van der Waals surface area contributed by atoms with Crippen LogP contribution in [-0.2, 0) is 0 Å². The number of nitrogens with zero attached hydrogens (tertiary/aromatic N) is 2. The normalized spacial score (nSPS) is 11.0. The number of thiocarbonyl (C=S) groups is 1. The Kier molecular flexibility index (Phi) is 6.16. The van der Waals surface area contributed by atoms with Crippen molar-refractivity contribution >= 4 is 52.4 Å². The first-order chi connectivity index (χ1) is 13.0. The van der Waals surface area contributed by atoms with E-state index in [2.05, 4.69) is 20.4 Å². The zero-order valence-electron chi connectivity index (χ0n) is 14.8. The van der Waals surface area contributed by atoms with Crippen LogP contribution in [0.3, 0.4) is 0 Å². The molecule has 0 fully saturated rings. The van der Waals surface area contributed by atoms with Crippen LogP contribution in [0.5, 0.6) is 0 Å². The molecule has 1 heterocycles. The molecule has 2 aromatic carbocycles. The molecule has 4 nitrogen and oxygen atoms in total. The molecule has 0 bridgehead atoms. The van der Waals surface area contributed by atoms with Crippen LogP contribution in [0.4, 0.5) is 5.69 Å². The molecule has 7 heteroatoms. The van der Waals surface area contributed by atoms with Crippen molar-refractivity contribution < 1.29 is 0 Å². The van der Waals surface area contributed by atoms with E-state index in [-0.39, 0.29) is 0 Å². The fourth-order valence-corrected chi connectivity index (χ4v) is 3.46. The Morgan fingerprint density at radius 2 is 1.81 bits per heavy atom. The van der Waals surface area contributed by atoms with Gasteiger partial charge in [-0.15, -0.1) is 0 Å². The number of hydrazone groups is 1. The highest BCUT2D eigenvalue weighted by atomic mass is 35.5. The second-order valence-corrected chi connectivity index (χ2v) is 7.20. The summed E-state index contributed by atoms with van der Waals surface area (Å²) in [6.45, 7) is 4.03. The molecular formula is C20H18Cl2N4S. The maximum absolute atomic E-state index is 6.36. The summed E-state index contributed by atoms with van der Waals surface area (Å²) >= 11 is 17.6. The minimum absolute atomic E-state index is 0.423. The van der Waals surface area contributed by atoms with Crippen LogP contribution in [0.1, 0.15) is 17.0 Å². The Hall–Kier alpha value is -2.34. The highest BCUT2D eigenvalue weighted by molar-refractivity contribution is 7.80. The van der Waals surface area contributed by atoms with Gasteiger partial charge in [-0.3, -0.25) is 5.43 Å². The van der Waals surface area contributed by atoms with Gasteiger partial charge in [0.2, 0.25) is 0 Å². The molecule has 0 saturated carbocycles. The lowest BCUT2D eigenvalue weighted by Crippen LogP contribution is -2.23. The highest BCUT2D eigenvalue weighted by Crippen LogP contribution is 2.28. The summed E-state index contributed by atoms with van der Waals surface area (Å²) in [5.41, 5.74) is 7.64. The number of hydrogen-bond acceptors (Lipinski definition) is 2. The maximum atomic E-state index is 6.36. The average Bonchev–Trinajstić information content (AvgIpc) is 2.90. The molecule has 1 aromatic heterocycles. The summed E-state index contributed by atoms with van der Waals surface area (Å²) in [6.07, 6.45) is 1.74. The van der Waals surface area contributed by atoms with Crippen LogP contribution in [-0.4, -0.2) is 15.9 Å². The standard InChI is InChI=1S/C20H18Cl2N4S/c1-13-10-15(12-23-25-20(27)24-17-6-4-3-5-7-17)14(2)26(13)19-9-8-16(21)11-18(19)22/h3-12H,1-2H3,(H2,24,25,27)/b23-12-. The maximum Gasteiger partial charge on any atom is 0.191 e. The number of para-hydroxylation sites is 1. The molecule has 0 saturated heterocycles. The molecule has 3 aromatic rings. The van der Waals surface area contributed by atoms with Gasteiger partial charge in [0.1, 0.15) is 0 Å². The summed E-state index contributed by atoms with van der Waals surface area (Å²) in [5, 5.41) is 8.93. The Labute approximate surface area is 173 Å². The number of hydrogen-bond donors (Lipinski definition) is 2. The number of aromatic nitrogens is 1. The molecule has 0 aliphatic rings. The van der Waals surface area contributed by atoms with Crippen molar-refractivity contribution in [2.75, 3.05) is 5.32 Å². The fraction of sp³-hybridized carbons (Fsp3) is 0.100. The third-order valence-corrected chi connectivity index (χ3v) is 4.75. The molecule has 3 rings (SSSR count). The van der Waals surface area contributed by atoms with Gasteiger partial charge in [0.25, 0.3) is 0 Å². The van der Waals surface area contributed by atoms with E-state index in [0.717, 1.165) is 28.3 Å².